The molecule has 76 valence electrons. The van der Waals surface area contributed by atoms with Crippen LogP contribution in [0.5, 0.6) is 0 Å². The molecule has 0 saturated heterocycles. The number of carbonyl (C=O) groups excluding carboxylic acids is 1. The maximum absolute atomic E-state index is 10.7. The molecule has 0 N–H and O–H groups in total. The first-order valence-corrected chi connectivity index (χ1v) is 5.29. The van der Waals surface area contributed by atoms with E-state index in [1.807, 2.05) is 6.92 Å². The topological polar surface area (TPSA) is 17.1 Å². The molecule has 1 aromatic rings. The third kappa shape index (κ3) is 2.44. The van der Waals surface area contributed by atoms with Gasteiger partial charge in [0, 0.05) is 5.92 Å². The van der Waals surface area contributed by atoms with Gasteiger partial charge in [-0.05, 0) is 29.5 Å². The van der Waals surface area contributed by atoms with Crippen LogP contribution in [0.4, 0.5) is 0 Å². The highest BCUT2D eigenvalue weighted by atomic mass is 16.1. The van der Waals surface area contributed by atoms with E-state index < -0.39 is 0 Å². The van der Waals surface area contributed by atoms with Crippen LogP contribution >= 0.6 is 0 Å². The molecule has 0 aliphatic heterocycles. The molecule has 0 bridgehead atoms. The van der Waals surface area contributed by atoms with Gasteiger partial charge in [-0.2, -0.15) is 0 Å². The van der Waals surface area contributed by atoms with Crippen LogP contribution in [0.15, 0.2) is 18.2 Å². The molecule has 1 heteroatoms. The minimum Gasteiger partial charge on any atom is -0.303 e. The summed E-state index contributed by atoms with van der Waals surface area (Å²) in [5.41, 5.74) is 3.80. The number of carbonyl (C=O) groups is 1. The minimum absolute atomic E-state index is 0.0202. The van der Waals surface area contributed by atoms with Crippen LogP contribution in [0, 0.1) is 0 Å². The molecule has 0 amide bonds. The molecule has 1 rings (SSSR count). The van der Waals surface area contributed by atoms with E-state index in [9.17, 15) is 4.79 Å². The zero-order chi connectivity index (χ0) is 10.6. The Hall–Kier alpha value is -1.11. The van der Waals surface area contributed by atoms with Crippen LogP contribution in [0.2, 0.25) is 0 Å². The van der Waals surface area contributed by atoms with Gasteiger partial charge >= 0.3 is 0 Å². The van der Waals surface area contributed by atoms with Gasteiger partial charge in [0.25, 0.3) is 0 Å². The number of benzene rings is 1. The Kier molecular flexibility index (Phi) is 3.87. The summed E-state index contributed by atoms with van der Waals surface area (Å²) in [5.74, 6) is 0.0202. The summed E-state index contributed by atoms with van der Waals surface area (Å²) in [6.07, 6.45) is 3.08. The number of aldehydes is 1. The predicted molar refractivity (Wildman–Crippen MR) is 59.7 cm³/mol. The van der Waals surface area contributed by atoms with Gasteiger partial charge in [0.05, 0.1) is 0 Å². The van der Waals surface area contributed by atoms with Crippen molar-refractivity contribution in [2.45, 2.75) is 39.5 Å². The van der Waals surface area contributed by atoms with E-state index >= 15 is 0 Å². The van der Waals surface area contributed by atoms with E-state index in [0.717, 1.165) is 24.7 Å². The van der Waals surface area contributed by atoms with Crippen molar-refractivity contribution in [1.82, 2.24) is 0 Å². The summed E-state index contributed by atoms with van der Waals surface area (Å²) >= 11 is 0. The first-order valence-electron chi connectivity index (χ1n) is 5.29. The fourth-order valence-corrected chi connectivity index (χ4v) is 1.54. The second-order valence-corrected chi connectivity index (χ2v) is 3.71. The Morgan fingerprint density at radius 3 is 2.00 bits per heavy atom. The van der Waals surface area contributed by atoms with Gasteiger partial charge in [-0.3, -0.25) is 0 Å². The highest BCUT2D eigenvalue weighted by Crippen LogP contribution is 2.18. The van der Waals surface area contributed by atoms with Gasteiger partial charge < -0.3 is 4.79 Å². The van der Waals surface area contributed by atoms with E-state index in [0.29, 0.717) is 0 Å². The summed E-state index contributed by atoms with van der Waals surface area (Å²) in [7, 11) is 0. The molecule has 0 heterocycles. The third-order valence-corrected chi connectivity index (χ3v) is 2.62. The van der Waals surface area contributed by atoms with Gasteiger partial charge in [-0.15, -0.1) is 0 Å². The molecule has 0 aliphatic carbocycles. The van der Waals surface area contributed by atoms with Crippen LogP contribution in [0.25, 0.3) is 0 Å². The highest BCUT2D eigenvalue weighted by molar-refractivity contribution is 5.61. The van der Waals surface area contributed by atoms with E-state index in [2.05, 4.69) is 32.0 Å². The molecular weight excluding hydrogens is 172 g/mol. The fraction of sp³-hybridized carbons (Fsp3) is 0.462. The summed E-state index contributed by atoms with van der Waals surface area (Å²) in [4.78, 5) is 10.7. The smallest absolute Gasteiger partial charge is 0.127 e. The van der Waals surface area contributed by atoms with Crippen molar-refractivity contribution in [3.8, 4) is 0 Å². The monoisotopic (exact) mass is 190 g/mol. The lowest BCUT2D eigenvalue weighted by Crippen LogP contribution is -1.97. The van der Waals surface area contributed by atoms with Crippen molar-refractivity contribution in [3.63, 3.8) is 0 Å². The lowest BCUT2D eigenvalue weighted by atomic mass is 9.96. The standard InChI is InChI=1S/C13H18O/c1-4-11-6-12(5-2)8-13(7-11)10(3)9-14/h6-10H,4-5H2,1-3H3. The average Bonchev–Trinajstić information content (AvgIpc) is 2.27. The normalized spacial score (nSPS) is 12.5. The van der Waals surface area contributed by atoms with Gasteiger partial charge in [-0.1, -0.05) is 39.0 Å². The van der Waals surface area contributed by atoms with Gasteiger partial charge in [0.1, 0.15) is 6.29 Å². The molecule has 0 aromatic heterocycles. The Balaban J connectivity index is 3.09. The second kappa shape index (κ2) is 4.94. The fourth-order valence-electron chi connectivity index (χ4n) is 1.54. The summed E-state index contributed by atoms with van der Waals surface area (Å²) in [6.45, 7) is 6.23. The summed E-state index contributed by atoms with van der Waals surface area (Å²) in [6, 6.07) is 6.50. The molecule has 0 aliphatic rings. The van der Waals surface area contributed by atoms with Gasteiger partial charge in [0.15, 0.2) is 0 Å². The quantitative estimate of drug-likeness (QED) is 0.667. The summed E-state index contributed by atoms with van der Waals surface area (Å²) in [5, 5.41) is 0. The molecule has 0 saturated carbocycles. The van der Waals surface area contributed by atoms with Crippen LogP contribution in [0.1, 0.15) is 43.4 Å². The third-order valence-electron chi connectivity index (χ3n) is 2.62. The molecule has 1 nitrogen and oxygen atoms in total. The van der Waals surface area contributed by atoms with E-state index in [1.165, 1.54) is 11.1 Å². The van der Waals surface area contributed by atoms with Crippen LogP contribution < -0.4 is 0 Å². The molecule has 1 unspecified atom stereocenters. The van der Waals surface area contributed by atoms with Crippen molar-refractivity contribution < 1.29 is 4.79 Å². The Morgan fingerprint density at radius 2 is 1.64 bits per heavy atom. The Bertz CT molecular complexity index is 293. The van der Waals surface area contributed by atoms with Gasteiger partial charge in [0.2, 0.25) is 0 Å². The minimum atomic E-state index is 0.0202. The average molecular weight is 190 g/mol. The number of aryl methyl sites for hydroxylation is 2. The molecule has 0 spiro atoms. The molecular formula is C13H18O. The number of hydrogen-bond acceptors (Lipinski definition) is 1. The van der Waals surface area contributed by atoms with E-state index in [1.54, 1.807) is 0 Å². The van der Waals surface area contributed by atoms with Gasteiger partial charge in [-0.25, -0.2) is 0 Å². The molecule has 0 radical (unpaired) electrons. The van der Waals surface area contributed by atoms with Crippen LogP contribution in [-0.4, -0.2) is 6.29 Å². The van der Waals surface area contributed by atoms with Crippen molar-refractivity contribution in [3.05, 3.63) is 34.9 Å². The van der Waals surface area contributed by atoms with Crippen LogP contribution in [-0.2, 0) is 17.6 Å². The second-order valence-electron chi connectivity index (χ2n) is 3.71. The summed E-state index contributed by atoms with van der Waals surface area (Å²) < 4.78 is 0. The van der Waals surface area contributed by atoms with Crippen molar-refractivity contribution in [2.24, 2.45) is 0 Å². The van der Waals surface area contributed by atoms with E-state index in [-0.39, 0.29) is 5.92 Å². The predicted octanol–water partition coefficient (Wildman–Crippen LogP) is 3.11. The lowest BCUT2D eigenvalue weighted by Gasteiger charge is -2.09. The first-order chi connectivity index (χ1) is 6.71. The lowest BCUT2D eigenvalue weighted by molar-refractivity contribution is -0.108. The van der Waals surface area contributed by atoms with Crippen molar-refractivity contribution in [1.29, 1.82) is 0 Å². The highest BCUT2D eigenvalue weighted by Gasteiger charge is 2.05. The van der Waals surface area contributed by atoms with Crippen LogP contribution in [0.3, 0.4) is 0 Å². The zero-order valence-electron chi connectivity index (χ0n) is 9.21. The molecule has 0 fully saturated rings. The Morgan fingerprint density at radius 1 is 1.14 bits per heavy atom. The Labute approximate surface area is 86.1 Å². The number of hydrogen-bond donors (Lipinski definition) is 0. The van der Waals surface area contributed by atoms with E-state index in [4.69, 9.17) is 0 Å². The largest absolute Gasteiger partial charge is 0.303 e. The maximum Gasteiger partial charge on any atom is 0.127 e. The van der Waals surface area contributed by atoms with Crippen molar-refractivity contribution >= 4 is 6.29 Å². The zero-order valence-corrected chi connectivity index (χ0v) is 9.21. The first kappa shape index (κ1) is 11.0. The van der Waals surface area contributed by atoms with Crippen molar-refractivity contribution in [2.75, 3.05) is 0 Å². The molecule has 1 atom stereocenters. The SMILES string of the molecule is CCc1cc(CC)cc(C(C)C=O)c1. The molecule has 14 heavy (non-hydrogen) atoms. The maximum atomic E-state index is 10.7. The number of rotatable bonds is 4. The molecule has 1 aromatic carbocycles.